The molecule has 0 aliphatic rings. The van der Waals surface area contributed by atoms with Gasteiger partial charge in [-0.25, -0.2) is 9.97 Å². The molecule has 1 atom stereocenters. The summed E-state index contributed by atoms with van der Waals surface area (Å²) in [5.41, 5.74) is 7.06. The van der Waals surface area contributed by atoms with Gasteiger partial charge in [-0.1, -0.05) is 19.9 Å². The maximum absolute atomic E-state index is 6.02. The van der Waals surface area contributed by atoms with Crippen LogP contribution < -0.4 is 10.6 Å². The topological polar surface area (TPSA) is 55.0 Å². The van der Waals surface area contributed by atoms with E-state index < -0.39 is 0 Å². The van der Waals surface area contributed by atoms with Crippen molar-refractivity contribution in [2.75, 3.05) is 17.7 Å². The second-order valence-electron chi connectivity index (χ2n) is 5.39. The van der Waals surface area contributed by atoms with Crippen LogP contribution in [0.25, 0.3) is 0 Å². The van der Waals surface area contributed by atoms with Gasteiger partial charge in [0.25, 0.3) is 0 Å². The Bertz CT molecular complexity index is 551. The normalized spacial score (nSPS) is 12.7. The van der Waals surface area contributed by atoms with Crippen LogP contribution in [0.3, 0.4) is 0 Å². The van der Waals surface area contributed by atoms with Crippen molar-refractivity contribution in [1.29, 1.82) is 0 Å². The van der Waals surface area contributed by atoms with Crippen molar-refractivity contribution in [3.05, 3.63) is 34.3 Å². The second kappa shape index (κ2) is 6.22. The third-order valence-electron chi connectivity index (χ3n) is 3.54. The van der Waals surface area contributed by atoms with Crippen LogP contribution in [0.2, 0.25) is 0 Å². The molecule has 0 saturated heterocycles. The van der Waals surface area contributed by atoms with Crippen molar-refractivity contribution >= 4 is 23.0 Å². The number of hydrogen-bond acceptors (Lipinski definition) is 5. The predicted octanol–water partition coefficient (Wildman–Crippen LogP) is 3.31. The molecule has 0 spiro atoms. The molecule has 2 heterocycles. The van der Waals surface area contributed by atoms with Gasteiger partial charge in [-0.05, 0) is 24.3 Å². The molecule has 0 fully saturated rings. The lowest BCUT2D eigenvalue weighted by atomic mass is 10.0. The van der Waals surface area contributed by atoms with Crippen LogP contribution in [-0.4, -0.2) is 23.1 Å². The highest BCUT2D eigenvalue weighted by Crippen LogP contribution is 2.30. The average Bonchev–Trinajstić information content (AvgIpc) is 2.89. The van der Waals surface area contributed by atoms with Crippen molar-refractivity contribution in [3.63, 3.8) is 0 Å². The lowest BCUT2D eigenvalue weighted by Crippen LogP contribution is -2.32. The van der Waals surface area contributed by atoms with Gasteiger partial charge >= 0.3 is 0 Å². The van der Waals surface area contributed by atoms with Crippen molar-refractivity contribution in [2.45, 2.75) is 39.2 Å². The molecule has 4 nitrogen and oxygen atoms in total. The Morgan fingerprint density at radius 3 is 2.65 bits per heavy atom. The molecule has 2 aromatic heterocycles. The highest BCUT2D eigenvalue weighted by atomic mass is 32.1. The Kier molecular flexibility index (Phi) is 4.60. The maximum Gasteiger partial charge on any atom is 0.137 e. The summed E-state index contributed by atoms with van der Waals surface area (Å²) in [6.45, 7) is 6.45. The number of likely N-dealkylation sites (N-methyl/N-ethyl adjacent to an activating group) is 1. The highest BCUT2D eigenvalue weighted by molar-refractivity contribution is 7.09. The van der Waals surface area contributed by atoms with E-state index in [1.807, 2.05) is 0 Å². The molecular weight excluding hydrogens is 268 g/mol. The Morgan fingerprint density at radius 1 is 1.30 bits per heavy atom. The molecule has 0 aliphatic carbocycles. The standard InChI is InChI=1S/C15H22N4S/c1-10(2)13-14(16)17-9-18-15(13)19(4)11(3)8-12-6-5-7-20-12/h5-7,9-11H,8H2,1-4H3,(H2,16,17,18). The van der Waals surface area contributed by atoms with Gasteiger partial charge in [0.05, 0.1) is 0 Å². The van der Waals surface area contributed by atoms with Gasteiger partial charge in [-0.2, -0.15) is 0 Å². The first-order valence-corrected chi connectivity index (χ1v) is 7.74. The first-order valence-electron chi connectivity index (χ1n) is 6.86. The smallest absolute Gasteiger partial charge is 0.137 e. The van der Waals surface area contributed by atoms with Crippen molar-refractivity contribution in [3.8, 4) is 0 Å². The Balaban J connectivity index is 2.24. The van der Waals surface area contributed by atoms with Gasteiger partial charge in [-0.15, -0.1) is 11.3 Å². The largest absolute Gasteiger partial charge is 0.383 e. The van der Waals surface area contributed by atoms with Crippen molar-refractivity contribution < 1.29 is 0 Å². The lowest BCUT2D eigenvalue weighted by Gasteiger charge is -2.28. The molecule has 20 heavy (non-hydrogen) atoms. The van der Waals surface area contributed by atoms with Gasteiger partial charge in [-0.3, -0.25) is 0 Å². The molecule has 2 aromatic rings. The van der Waals surface area contributed by atoms with Gasteiger partial charge in [0, 0.05) is 30.0 Å². The van der Waals surface area contributed by atoms with E-state index in [1.165, 1.54) is 4.88 Å². The lowest BCUT2D eigenvalue weighted by molar-refractivity contribution is 0.670. The minimum atomic E-state index is 0.308. The maximum atomic E-state index is 6.02. The minimum absolute atomic E-state index is 0.308. The van der Waals surface area contributed by atoms with Crippen molar-refractivity contribution in [2.24, 2.45) is 0 Å². The monoisotopic (exact) mass is 290 g/mol. The highest BCUT2D eigenvalue weighted by Gasteiger charge is 2.20. The molecule has 0 radical (unpaired) electrons. The number of rotatable bonds is 5. The quantitative estimate of drug-likeness (QED) is 0.918. The first-order chi connectivity index (χ1) is 9.50. The van der Waals surface area contributed by atoms with E-state index in [2.05, 4.69) is 60.2 Å². The molecule has 2 N–H and O–H groups in total. The Labute approximate surface area is 124 Å². The second-order valence-corrected chi connectivity index (χ2v) is 6.43. The summed E-state index contributed by atoms with van der Waals surface area (Å²) in [4.78, 5) is 12.2. The van der Waals surface area contributed by atoms with Crippen LogP contribution in [0.15, 0.2) is 23.8 Å². The van der Waals surface area contributed by atoms with E-state index in [0.717, 1.165) is 17.8 Å². The molecule has 108 valence electrons. The number of hydrogen-bond donors (Lipinski definition) is 1. The zero-order chi connectivity index (χ0) is 14.7. The third kappa shape index (κ3) is 3.10. The number of nitrogens with two attached hydrogens (primary N) is 1. The van der Waals surface area contributed by atoms with Crippen LogP contribution in [0.4, 0.5) is 11.6 Å². The van der Waals surface area contributed by atoms with Crippen LogP contribution >= 0.6 is 11.3 Å². The molecule has 0 amide bonds. The summed E-state index contributed by atoms with van der Waals surface area (Å²) < 4.78 is 0. The van der Waals surface area contributed by atoms with Crippen molar-refractivity contribution in [1.82, 2.24) is 9.97 Å². The molecule has 0 aromatic carbocycles. The zero-order valence-electron chi connectivity index (χ0n) is 12.5. The number of anilines is 2. The van der Waals surface area contributed by atoms with Crippen LogP contribution in [0.1, 0.15) is 37.1 Å². The minimum Gasteiger partial charge on any atom is -0.383 e. The molecular formula is C15H22N4S. The predicted molar refractivity (Wildman–Crippen MR) is 86.4 cm³/mol. The number of aromatic nitrogens is 2. The number of thiophene rings is 1. The molecule has 0 aliphatic heterocycles. The Morgan fingerprint density at radius 2 is 2.05 bits per heavy atom. The SMILES string of the molecule is CC(C)c1c(N)ncnc1N(C)C(C)Cc1cccs1. The Hall–Kier alpha value is -1.62. The van der Waals surface area contributed by atoms with E-state index in [1.54, 1.807) is 17.7 Å². The summed E-state index contributed by atoms with van der Waals surface area (Å²) >= 11 is 1.79. The number of nitrogens with zero attached hydrogens (tertiary/aromatic N) is 3. The molecule has 0 saturated carbocycles. The molecule has 0 bridgehead atoms. The molecule has 1 unspecified atom stereocenters. The van der Waals surface area contributed by atoms with E-state index in [-0.39, 0.29) is 0 Å². The van der Waals surface area contributed by atoms with Gasteiger partial charge in [0.1, 0.15) is 18.0 Å². The molecule has 5 heteroatoms. The van der Waals surface area contributed by atoms with Gasteiger partial charge < -0.3 is 10.6 Å². The van der Waals surface area contributed by atoms with Crippen LogP contribution in [0, 0.1) is 0 Å². The van der Waals surface area contributed by atoms with E-state index in [0.29, 0.717) is 17.8 Å². The first kappa shape index (κ1) is 14.8. The van der Waals surface area contributed by atoms with Gasteiger partial charge in [0.15, 0.2) is 0 Å². The van der Waals surface area contributed by atoms with Crippen LogP contribution in [0.5, 0.6) is 0 Å². The third-order valence-corrected chi connectivity index (χ3v) is 4.44. The van der Waals surface area contributed by atoms with E-state index >= 15 is 0 Å². The summed E-state index contributed by atoms with van der Waals surface area (Å²) in [5.74, 6) is 1.83. The number of nitrogen functional groups attached to an aromatic ring is 1. The summed E-state index contributed by atoms with van der Waals surface area (Å²) in [7, 11) is 2.08. The summed E-state index contributed by atoms with van der Waals surface area (Å²) in [6, 6.07) is 4.63. The zero-order valence-corrected chi connectivity index (χ0v) is 13.3. The van der Waals surface area contributed by atoms with Gasteiger partial charge in [0.2, 0.25) is 0 Å². The fourth-order valence-corrected chi connectivity index (χ4v) is 3.13. The van der Waals surface area contributed by atoms with E-state index in [4.69, 9.17) is 5.73 Å². The average molecular weight is 290 g/mol. The fourth-order valence-electron chi connectivity index (χ4n) is 2.30. The molecule has 2 rings (SSSR count). The fraction of sp³-hybridized carbons (Fsp3) is 0.467. The summed E-state index contributed by atoms with van der Waals surface area (Å²) in [6.07, 6.45) is 2.56. The van der Waals surface area contributed by atoms with Crippen LogP contribution in [-0.2, 0) is 6.42 Å². The summed E-state index contributed by atoms with van der Waals surface area (Å²) in [5, 5.41) is 2.12. The van der Waals surface area contributed by atoms with E-state index in [9.17, 15) is 0 Å².